The third-order valence-corrected chi connectivity index (χ3v) is 5.63. The number of anilines is 1. The van der Waals surface area contributed by atoms with E-state index in [1.807, 2.05) is 0 Å². The molecule has 0 atom stereocenters. The van der Waals surface area contributed by atoms with Crippen molar-refractivity contribution in [3.05, 3.63) is 27.2 Å². The molecule has 0 aliphatic carbocycles. The van der Waals surface area contributed by atoms with Crippen LogP contribution in [-0.4, -0.2) is 52.7 Å². The van der Waals surface area contributed by atoms with Gasteiger partial charge in [-0.05, 0) is 71.4 Å². The van der Waals surface area contributed by atoms with Crippen molar-refractivity contribution >= 4 is 29.6 Å². The number of hydrogen-bond donors (Lipinski definition) is 0. The fourth-order valence-corrected chi connectivity index (χ4v) is 4.50. The molecule has 0 saturated carbocycles. The van der Waals surface area contributed by atoms with E-state index in [-0.39, 0.29) is 0 Å². The molecule has 0 aromatic heterocycles. The summed E-state index contributed by atoms with van der Waals surface area (Å²) >= 11 is 3.94. The van der Waals surface area contributed by atoms with Gasteiger partial charge in [-0.3, -0.25) is 0 Å². The summed E-state index contributed by atoms with van der Waals surface area (Å²) in [5.41, 5.74) is 6.04. The molecule has 1 aromatic carbocycles. The van der Waals surface area contributed by atoms with Gasteiger partial charge in [-0.2, -0.15) is 0 Å². The Labute approximate surface area is 137 Å². The molecule has 1 aromatic rings. The molecule has 21 heavy (non-hydrogen) atoms. The topological polar surface area (TPSA) is 15.7 Å². The molecule has 0 fully saturated rings. The van der Waals surface area contributed by atoms with Crippen LogP contribution in [0.3, 0.4) is 0 Å². The third-order valence-electron chi connectivity index (χ3n) is 4.78. The van der Waals surface area contributed by atoms with Crippen LogP contribution in [0.1, 0.15) is 23.1 Å². The van der Waals surface area contributed by atoms with E-state index < -0.39 is 0 Å². The monoisotopic (exact) mass is 350 g/mol. The summed E-state index contributed by atoms with van der Waals surface area (Å²) in [5, 5.41) is 0. The first-order valence-corrected chi connectivity index (χ1v) is 8.75. The van der Waals surface area contributed by atoms with Crippen molar-refractivity contribution in [1.82, 2.24) is 4.81 Å². The van der Waals surface area contributed by atoms with Crippen LogP contribution >= 0.6 is 15.9 Å². The SMILES string of the molecule is BN1CCc2cc3c(c(Br)c2CC1)N(CCOC)CCC3. The summed E-state index contributed by atoms with van der Waals surface area (Å²) in [6, 6.07) is 2.48. The second-order valence-electron chi connectivity index (χ2n) is 6.22. The quantitative estimate of drug-likeness (QED) is 0.773. The van der Waals surface area contributed by atoms with Crippen LogP contribution in [0.2, 0.25) is 0 Å². The largest absolute Gasteiger partial charge is 0.383 e. The zero-order valence-electron chi connectivity index (χ0n) is 13.1. The van der Waals surface area contributed by atoms with E-state index in [4.69, 9.17) is 4.74 Å². The van der Waals surface area contributed by atoms with Crippen molar-refractivity contribution in [2.24, 2.45) is 0 Å². The Bertz CT molecular complexity index is 523. The maximum Gasteiger partial charge on any atom is 0.185 e. The lowest BCUT2D eigenvalue weighted by Crippen LogP contribution is -2.33. The second-order valence-corrected chi connectivity index (χ2v) is 7.02. The minimum absolute atomic E-state index is 0.797. The van der Waals surface area contributed by atoms with Gasteiger partial charge in [-0.1, -0.05) is 6.07 Å². The van der Waals surface area contributed by atoms with E-state index in [0.29, 0.717) is 0 Å². The number of fused-ring (bicyclic) bond motifs is 2. The van der Waals surface area contributed by atoms with E-state index in [0.717, 1.165) is 32.7 Å². The van der Waals surface area contributed by atoms with Gasteiger partial charge in [0.25, 0.3) is 0 Å². The molecule has 5 heteroatoms. The Kier molecular flexibility index (Phi) is 4.92. The Hall–Kier alpha value is -0.515. The molecule has 0 saturated heterocycles. The summed E-state index contributed by atoms with van der Waals surface area (Å²) in [6.07, 6.45) is 4.79. The predicted octanol–water partition coefficient (Wildman–Crippen LogP) is 1.80. The molecule has 2 aliphatic heterocycles. The lowest BCUT2D eigenvalue weighted by atomic mass is 9.93. The maximum absolute atomic E-state index is 5.28. The highest BCUT2D eigenvalue weighted by molar-refractivity contribution is 9.10. The Morgan fingerprint density at radius 1 is 1.19 bits per heavy atom. The van der Waals surface area contributed by atoms with Gasteiger partial charge in [0.15, 0.2) is 7.98 Å². The van der Waals surface area contributed by atoms with Crippen molar-refractivity contribution in [3.63, 3.8) is 0 Å². The molecule has 3 nitrogen and oxygen atoms in total. The van der Waals surface area contributed by atoms with Gasteiger partial charge in [0.2, 0.25) is 0 Å². The molecule has 0 bridgehead atoms. The molecular formula is C16H24BBrN2O. The first kappa shape index (κ1) is 15.4. The zero-order valence-corrected chi connectivity index (χ0v) is 14.7. The van der Waals surface area contributed by atoms with Gasteiger partial charge >= 0.3 is 0 Å². The average Bonchev–Trinajstić information content (AvgIpc) is 2.67. The fourth-order valence-electron chi connectivity index (χ4n) is 3.54. The molecule has 0 amide bonds. The lowest BCUT2D eigenvalue weighted by molar-refractivity contribution is 0.205. The molecule has 0 radical (unpaired) electrons. The van der Waals surface area contributed by atoms with Crippen LogP contribution < -0.4 is 4.90 Å². The zero-order chi connectivity index (χ0) is 14.8. The van der Waals surface area contributed by atoms with Crippen LogP contribution in [0, 0.1) is 0 Å². The standard InChI is InChI=1S/C16H24BBrN2O/c1-21-10-9-19-6-2-3-13-11-12-4-7-20(17)8-5-14(12)15(18)16(13)19/h11H,2-10,17H2,1H3. The Balaban J connectivity index is 1.98. The number of benzene rings is 1. The van der Waals surface area contributed by atoms with Crippen LogP contribution in [0.25, 0.3) is 0 Å². The molecule has 2 aliphatic rings. The van der Waals surface area contributed by atoms with Crippen LogP contribution in [-0.2, 0) is 24.0 Å². The highest BCUT2D eigenvalue weighted by Crippen LogP contribution is 2.39. The Morgan fingerprint density at radius 3 is 2.81 bits per heavy atom. The maximum atomic E-state index is 5.28. The number of methoxy groups -OCH3 is 1. The lowest BCUT2D eigenvalue weighted by Gasteiger charge is -2.33. The highest BCUT2D eigenvalue weighted by Gasteiger charge is 2.24. The van der Waals surface area contributed by atoms with Crippen molar-refractivity contribution in [2.45, 2.75) is 25.7 Å². The van der Waals surface area contributed by atoms with Crippen LogP contribution in [0.15, 0.2) is 10.5 Å². The summed E-state index contributed by atoms with van der Waals surface area (Å²) < 4.78 is 6.63. The molecule has 2 heterocycles. The molecule has 0 spiro atoms. The van der Waals surface area contributed by atoms with Crippen molar-refractivity contribution in [3.8, 4) is 0 Å². The van der Waals surface area contributed by atoms with Gasteiger partial charge in [0.05, 0.1) is 12.3 Å². The van der Waals surface area contributed by atoms with Gasteiger partial charge < -0.3 is 14.4 Å². The number of nitrogens with zero attached hydrogens (tertiary/aromatic N) is 2. The van der Waals surface area contributed by atoms with Crippen molar-refractivity contribution in [1.29, 1.82) is 0 Å². The minimum atomic E-state index is 0.797. The normalized spacial score (nSPS) is 19.0. The van der Waals surface area contributed by atoms with E-state index in [1.54, 1.807) is 12.7 Å². The first-order chi connectivity index (χ1) is 10.2. The first-order valence-electron chi connectivity index (χ1n) is 7.96. The third kappa shape index (κ3) is 3.15. The summed E-state index contributed by atoms with van der Waals surface area (Å²) in [7, 11) is 4.01. The number of halogens is 1. The Morgan fingerprint density at radius 2 is 2.00 bits per heavy atom. The summed E-state index contributed by atoms with van der Waals surface area (Å²) in [4.78, 5) is 4.94. The summed E-state index contributed by atoms with van der Waals surface area (Å²) in [5.74, 6) is 0. The van der Waals surface area contributed by atoms with Crippen LogP contribution in [0.5, 0.6) is 0 Å². The molecule has 3 rings (SSSR count). The average molecular weight is 351 g/mol. The predicted molar refractivity (Wildman–Crippen MR) is 94.1 cm³/mol. The smallest absolute Gasteiger partial charge is 0.185 e. The fraction of sp³-hybridized carbons (Fsp3) is 0.625. The molecule has 114 valence electrons. The number of ether oxygens (including phenoxy) is 1. The van der Waals surface area contributed by atoms with E-state index >= 15 is 0 Å². The van der Waals surface area contributed by atoms with E-state index in [1.165, 1.54) is 47.1 Å². The number of aryl methyl sites for hydroxylation is 1. The molecular weight excluding hydrogens is 327 g/mol. The molecule has 0 unspecified atom stereocenters. The summed E-state index contributed by atoms with van der Waals surface area (Å²) in [6.45, 7) is 5.26. The van der Waals surface area contributed by atoms with Gasteiger partial charge in [0, 0.05) is 24.7 Å². The molecule has 0 N–H and O–H groups in total. The van der Waals surface area contributed by atoms with Gasteiger partial charge in [0.1, 0.15) is 0 Å². The number of hydrogen-bond acceptors (Lipinski definition) is 3. The highest BCUT2D eigenvalue weighted by atomic mass is 79.9. The van der Waals surface area contributed by atoms with Gasteiger partial charge in [-0.25, -0.2) is 0 Å². The van der Waals surface area contributed by atoms with E-state index in [9.17, 15) is 0 Å². The number of rotatable bonds is 3. The van der Waals surface area contributed by atoms with Gasteiger partial charge in [-0.15, -0.1) is 0 Å². The van der Waals surface area contributed by atoms with Crippen LogP contribution in [0.4, 0.5) is 5.69 Å². The van der Waals surface area contributed by atoms with E-state index in [2.05, 4.69) is 39.7 Å². The van der Waals surface area contributed by atoms with Crippen molar-refractivity contribution < 1.29 is 4.74 Å². The second kappa shape index (κ2) is 6.72. The minimum Gasteiger partial charge on any atom is -0.383 e. The van der Waals surface area contributed by atoms with Crippen molar-refractivity contribution in [2.75, 3.05) is 44.8 Å².